The summed E-state index contributed by atoms with van der Waals surface area (Å²) >= 11 is 0. The van der Waals surface area contributed by atoms with Crippen molar-refractivity contribution in [1.29, 1.82) is 0 Å². The number of hydrazine groups is 1. The minimum Gasteiger partial charge on any atom is -0.356 e. The molecule has 1 saturated heterocycles. The van der Waals surface area contributed by atoms with Crippen molar-refractivity contribution in [2.45, 2.75) is 18.8 Å². The Labute approximate surface area is 136 Å². The van der Waals surface area contributed by atoms with E-state index in [2.05, 4.69) is 25.7 Å². The Morgan fingerprint density at radius 3 is 2.67 bits per heavy atom. The number of rotatable bonds is 3. The summed E-state index contributed by atoms with van der Waals surface area (Å²) in [6, 6.07) is 1.80. The third-order valence-electron chi connectivity index (χ3n) is 4.16. The van der Waals surface area contributed by atoms with Crippen LogP contribution in [0.2, 0.25) is 0 Å². The van der Waals surface area contributed by atoms with Crippen molar-refractivity contribution < 1.29 is 8.78 Å². The number of piperidine rings is 1. The van der Waals surface area contributed by atoms with Crippen molar-refractivity contribution in [1.82, 2.24) is 30.4 Å². The molecule has 126 valence electrons. The van der Waals surface area contributed by atoms with Crippen LogP contribution in [0.1, 0.15) is 12.8 Å². The van der Waals surface area contributed by atoms with Gasteiger partial charge in [-0.2, -0.15) is 0 Å². The molecule has 0 spiro atoms. The number of hydrogen-bond acceptors (Lipinski definition) is 7. The fraction of sp³-hybridized carbons (Fsp3) is 0.429. The van der Waals surface area contributed by atoms with Crippen LogP contribution in [0, 0.1) is 0 Å². The van der Waals surface area contributed by atoms with Gasteiger partial charge >= 0.3 is 0 Å². The highest BCUT2D eigenvalue weighted by Gasteiger charge is 2.34. The molecule has 0 aromatic carbocycles. The lowest BCUT2D eigenvalue weighted by molar-refractivity contribution is -0.0221. The molecule has 0 saturated carbocycles. The number of hydrogen-bond donors (Lipinski definition) is 1. The van der Waals surface area contributed by atoms with E-state index >= 15 is 0 Å². The number of alkyl halides is 2. The number of halogens is 2. The van der Waals surface area contributed by atoms with Crippen molar-refractivity contribution >= 4 is 17.3 Å². The average molecular weight is 334 g/mol. The van der Waals surface area contributed by atoms with Gasteiger partial charge in [-0.3, -0.25) is 5.01 Å². The van der Waals surface area contributed by atoms with Gasteiger partial charge in [0.2, 0.25) is 0 Å². The van der Waals surface area contributed by atoms with E-state index in [1.165, 1.54) is 6.33 Å². The molecule has 1 fully saturated rings. The predicted octanol–water partition coefficient (Wildman–Crippen LogP) is 1.13. The summed E-state index contributed by atoms with van der Waals surface area (Å²) in [6.45, 7) is 1.14. The van der Waals surface area contributed by atoms with Crippen LogP contribution in [0.4, 0.5) is 20.4 Å². The molecular weight excluding hydrogens is 318 g/mol. The van der Waals surface area contributed by atoms with Crippen molar-refractivity contribution in [2.75, 3.05) is 29.5 Å². The van der Waals surface area contributed by atoms with Gasteiger partial charge in [-0.1, -0.05) is 5.21 Å². The van der Waals surface area contributed by atoms with Gasteiger partial charge in [0.05, 0.1) is 24.6 Å². The van der Waals surface area contributed by atoms with E-state index in [1.807, 2.05) is 16.1 Å². The summed E-state index contributed by atoms with van der Waals surface area (Å²) in [7, 11) is 0. The molecule has 2 aromatic rings. The van der Waals surface area contributed by atoms with Gasteiger partial charge in [-0.05, 0) is 0 Å². The molecule has 0 unspecified atom stereocenters. The lowest BCUT2D eigenvalue weighted by Gasteiger charge is -2.32. The molecule has 2 aliphatic rings. The van der Waals surface area contributed by atoms with Crippen LogP contribution in [-0.2, 0) is 0 Å². The van der Waals surface area contributed by atoms with E-state index in [9.17, 15) is 8.78 Å². The van der Waals surface area contributed by atoms with Crippen LogP contribution < -0.4 is 15.3 Å². The summed E-state index contributed by atoms with van der Waals surface area (Å²) in [4.78, 5) is 10.3. The highest BCUT2D eigenvalue weighted by Crippen LogP contribution is 2.30. The predicted molar refractivity (Wildman–Crippen MR) is 83.2 cm³/mol. The Bertz CT molecular complexity index is 735. The molecule has 2 aromatic heterocycles. The highest BCUT2D eigenvalue weighted by molar-refractivity contribution is 5.59. The third-order valence-corrected chi connectivity index (χ3v) is 4.16. The maximum absolute atomic E-state index is 13.3. The normalized spacial score (nSPS) is 20.0. The number of anilines is 2. The maximum atomic E-state index is 13.3. The quantitative estimate of drug-likeness (QED) is 0.902. The Morgan fingerprint density at radius 1 is 1.12 bits per heavy atom. The minimum absolute atomic E-state index is 0.147. The fourth-order valence-corrected chi connectivity index (χ4v) is 2.77. The SMILES string of the molecule is FC1(F)CCN(c2cc(N3CC(n4ccnn4)=CN3)ncn2)CC1. The first-order valence-corrected chi connectivity index (χ1v) is 7.65. The second kappa shape index (κ2) is 5.69. The van der Waals surface area contributed by atoms with Gasteiger partial charge in [0.1, 0.15) is 12.1 Å². The summed E-state index contributed by atoms with van der Waals surface area (Å²) < 4.78 is 28.3. The van der Waals surface area contributed by atoms with Crippen LogP contribution in [0.15, 0.2) is 31.0 Å². The van der Waals surface area contributed by atoms with E-state index < -0.39 is 5.92 Å². The Hall–Kier alpha value is -2.78. The third kappa shape index (κ3) is 2.86. The van der Waals surface area contributed by atoms with E-state index in [1.54, 1.807) is 23.1 Å². The lowest BCUT2D eigenvalue weighted by atomic mass is 10.1. The second-order valence-electron chi connectivity index (χ2n) is 5.78. The molecule has 0 bridgehead atoms. The molecule has 4 rings (SSSR count). The topological polar surface area (TPSA) is 75.0 Å². The summed E-state index contributed by atoms with van der Waals surface area (Å²) in [5, 5.41) is 9.57. The molecule has 0 radical (unpaired) electrons. The van der Waals surface area contributed by atoms with Crippen LogP contribution in [0.3, 0.4) is 0 Å². The van der Waals surface area contributed by atoms with Gasteiger partial charge in [0.25, 0.3) is 5.92 Å². The van der Waals surface area contributed by atoms with E-state index in [4.69, 9.17) is 0 Å². The van der Waals surface area contributed by atoms with Crippen LogP contribution in [0.5, 0.6) is 0 Å². The summed E-state index contributed by atoms with van der Waals surface area (Å²) in [6.07, 6.45) is 6.35. The van der Waals surface area contributed by atoms with Crippen LogP contribution in [0.25, 0.3) is 5.70 Å². The summed E-state index contributed by atoms with van der Waals surface area (Å²) in [5.41, 5.74) is 4.03. The monoisotopic (exact) mass is 334 g/mol. The Morgan fingerprint density at radius 2 is 1.92 bits per heavy atom. The summed E-state index contributed by atoms with van der Waals surface area (Å²) in [5.74, 6) is -1.24. The zero-order valence-corrected chi connectivity index (χ0v) is 12.8. The van der Waals surface area contributed by atoms with Crippen molar-refractivity contribution in [3.05, 3.63) is 31.0 Å². The van der Waals surface area contributed by atoms with Gasteiger partial charge in [-0.25, -0.2) is 23.4 Å². The molecule has 1 N–H and O–H groups in total. The van der Waals surface area contributed by atoms with E-state index in [0.29, 0.717) is 31.3 Å². The molecular formula is C14H16F2N8. The maximum Gasteiger partial charge on any atom is 0.251 e. The molecule has 2 aliphatic heterocycles. The Balaban J connectivity index is 1.46. The number of aromatic nitrogens is 5. The molecule has 24 heavy (non-hydrogen) atoms. The lowest BCUT2D eigenvalue weighted by Crippen LogP contribution is -2.40. The van der Waals surface area contributed by atoms with Gasteiger partial charge in [0, 0.05) is 38.2 Å². The standard InChI is InChI=1S/C14H16F2N8/c15-14(16)1-4-22(5-2-14)12-7-13(18-10-17-12)24-9-11(8-20-24)23-6-3-19-21-23/h3,6-8,10,20H,1-2,4-5,9H2. The first-order valence-electron chi connectivity index (χ1n) is 7.65. The van der Waals surface area contributed by atoms with Crippen LogP contribution >= 0.6 is 0 Å². The molecule has 0 atom stereocenters. The zero-order valence-electron chi connectivity index (χ0n) is 12.8. The van der Waals surface area contributed by atoms with Crippen molar-refractivity contribution in [3.63, 3.8) is 0 Å². The van der Waals surface area contributed by atoms with Gasteiger partial charge in [-0.15, -0.1) is 5.10 Å². The molecule has 8 nitrogen and oxygen atoms in total. The average Bonchev–Trinajstić information content (AvgIpc) is 3.26. The second-order valence-corrected chi connectivity index (χ2v) is 5.78. The zero-order chi connectivity index (χ0) is 16.6. The first kappa shape index (κ1) is 14.8. The number of nitrogens with one attached hydrogen (secondary N) is 1. The largest absolute Gasteiger partial charge is 0.356 e. The molecule has 10 heteroatoms. The molecule has 0 amide bonds. The fourth-order valence-electron chi connectivity index (χ4n) is 2.77. The van der Waals surface area contributed by atoms with Crippen molar-refractivity contribution in [2.24, 2.45) is 0 Å². The minimum atomic E-state index is -2.57. The number of nitrogens with zero attached hydrogens (tertiary/aromatic N) is 7. The molecule has 4 heterocycles. The van der Waals surface area contributed by atoms with E-state index in [0.717, 1.165) is 5.70 Å². The molecule has 0 aliphatic carbocycles. The van der Waals surface area contributed by atoms with E-state index in [-0.39, 0.29) is 12.8 Å². The first-order chi connectivity index (χ1) is 11.6. The van der Waals surface area contributed by atoms with Crippen molar-refractivity contribution in [3.8, 4) is 0 Å². The smallest absolute Gasteiger partial charge is 0.251 e. The highest BCUT2D eigenvalue weighted by atomic mass is 19.3. The van der Waals surface area contributed by atoms with Gasteiger partial charge < -0.3 is 10.3 Å². The Kier molecular flexibility index (Phi) is 3.51. The van der Waals surface area contributed by atoms with Gasteiger partial charge in [0.15, 0.2) is 5.82 Å². The van der Waals surface area contributed by atoms with Crippen LogP contribution in [-0.4, -0.2) is 50.5 Å².